The lowest BCUT2D eigenvalue weighted by molar-refractivity contribution is 0.409. The lowest BCUT2D eigenvalue weighted by Gasteiger charge is -2.34. The maximum atomic E-state index is 11.2. The van der Waals surface area contributed by atoms with Gasteiger partial charge in [-0.05, 0) is 67.5 Å². The van der Waals surface area contributed by atoms with Gasteiger partial charge in [-0.15, -0.1) is 0 Å². The van der Waals surface area contributed by atoms with E-state index in [4.69, 9.17) is 0 Å². The van der Waals surface area contributed by atoms with E-state index < -0.39 is 0 Å². The molecule has 2 aromatic rings. The van der Waals surface area contributed by atoms with Gasteiger partial charge in [0.25, 0.3) is 0 Å². The van der Waals surface area contributed by atoms with Crippen molar-refractivity contribution in [3.8, 4) is 11.5 Å². The molecule has 0 amide bonds. The zero-order chi connectivity index (χ0) is 24.7. The first-order valence-corrected chi connectivity index (χ1v) is 12.0. The van der Waals surface area contributed by atoms with Crippen molar-refractivity contribution in [2.45, 2.75) is 117 Å². The van der Waals surface area contributed by atoms with Gasteiger partial charge < -0.3 is 10.2 Å². The van der Waals surface area contributed by atoms with Crippen LogP contribution in [0, 0.1) is 0 Å². The topological polar surface area (TPSA) is 40.5 Å². The van der Waals surface area contributed by atoms with Crippen LogP contribution in [0.1, 0.15) is 123 Å². The molecule has 1 unspecified atom stereocenters. The summed E-state index contributed by atoms with van der Waals surface area (Å²) in [6.45, 7) is 26.4. The monoisotopic (exact) mass is 436 g/mol. The van der Waals surface area contributed by atoms with Gasteiger partial charge in [-0.3, -0.25) is 0 Å². The van der Waals surface area contributed by atoms with Crippen LogP contribution in [-0.2, 0) is 27.1 Å². The van der Waals surface area contributed by atoms with Crippen LogP contribution in [0.3, 0.4) is 0 Å². The number of benzene rings is 2. The Morgan fingerprint density at radius 1 is 0.625 bits per heavy atom. The molecule has 32 heavy (non-hydrogen) atoms. The number of hydrogen-bond acceptors (Lipinski definition) is 2. The highest BCUT2D eigenvalue weighted by Gasteiger charge is 2.47. The van der Waals surface area contributed by atoms with Crippen LogP contribution in [0.4, 0.5) is 0 Å². The van der Waals surface area contributed by atoms with Gasteiger partial charge in [0.2, 0.25) is 0 Å². The van der Waals surface area contributed by atoms with Gasteiger partial charge >= 0.3 is 0 Å². The molecule has 0 saturated carbocycles. The van der Waals surface area contributed by atoms with Crippen LogP contribution in [0.15, 0.2) is 24.3 Å². The Morgan fingerprint density at radius 2 is 1.06 bits per heavy atom. The minimum Gasteiger partial charge on any atom is -0.508 e. The Balaban J connectivity index is 2.37. The number of rotatable bonds is 1. The molecule has 2 aromatic carbocycles. The third-order valence-electron chi connectivity index (χ3n) is 7.43. The molecular formula is C30H44O2. The van der Waals surface area contributed by atoms with E-state index in [2.05, 4.69) is 101 Å². The zero-order valence-corrected chi connectivity index (χ0v) is 22.4. The van der Waals surface area contributed by atoms with Gasteiger partial charge in [0.15, 0.2) is 0 Å². The third-order valence-corrected chi connectivity index (χ3v) is 7.43. The predicted molar refractivity (Wildman–Crippen MR) is 136 cm³/mol. The largest absolute Gasteiger partial charge is 0.508 e. The fraction of sp³-hybridized carbons (Fsp3) is 0.600. The quantitative estimate of drug-likeness (QED) is 0.476. The van der Waals surface area contributed by atoms with E-state index in [1.54, 1.807) is 0 Å². The molecule has 0 heterocycles. The van der Waals surface area contributed by atoms with Crippen LogP contribution in [0.25, 0.3) is 0 Å². The summed E-state index contributed by atoms with van der Waals surface area (Å²) in [7, 11) is 0. The minimum absolute atomic E-state index is 0.0144. The minimum atomic E-state index is -0.250. The van der Waals surface area contributed by atoms with Crippen molar-refractivity contribution in [3.05, 3.63) is 57.6 Å². The molecule has 2 N–H and O–H groups in total. The molecule has 0 aliphatic heterocycles. The van der Waals surface area contributed by atoms with E-state index in [9.17, 15) is 10.2 Å². The Bertz CT molecular complexity index is 1020. The second kappa shape index (κ2) is 7.02. The van der Waals surface area contributed by atoms with E-state index in [0.29, 0.717) is 11.5 Å². The molecule has 0 radical (unpaired) electrons. The van der Waals surface area contributed by atoms with E-state index in [-0.39, 0.29) is 27.1 Å². The first-order chi connectivity index (χ1) is 14.2. The van der Waals surface area contributed by atoms with Gasteiger partial charge in [0, 0.05) is 5.41 Å². The standard InChI is InChI=1S/C30H44O2/c1-26(2,3)21-15-19-20(16-24(21)31)30(12,17-29(19,10)11)18-13-22(27(4,5)6)25(32)23(14-18)28(7,8)9/h13-16,31-32H,17H2,1-12H3. The fourth-order valence-corrected chi connectivity index (χ4v) is 5.63. The summed E-state index contributed by atoms with van der Waals surface area (Å²) in [6.07, 6.45) is 0.959. The van der Waals surface area contributed by atoms with E-state index in [0.717, 1.165) is 23.1 Å². The molecular weight excluding hydrogens is 392 g/mol. The van der Waals surface area contributed by atoms with Gasteiger partial charge in [0.05, 0.1) is 0 Å². The highest BCUT2D eigenvalue weighted by atomic mass is 16.3. The summed E-state index contributed by atoms with van der Waals surface area (Å²) >= 11 is 0. The Labute approximate surface area is 196 Å². The van der Waals surface area contributed by atoms with Crippen LogP contribution >= 0.6 is 0 Å². The summed E-state index contributed by atoms with van der Waals surface area (Å²) in [4.78, 5) is 0. The third kappa shape index (κ3) is 3.95. The van der Waals surface area contributed by atoms with Crippen molar-refractivity contribution in [1.29, 1.82) is 0 Å². The van der Waals surface area contributed by atoms with E-state index >= 15 is 0 Å². The maximum Gasteiger partial charge on any atom is 0.123 e. The summed E-state index contributed by atoms with van der Waals surface area (Å²) in [6, 6.07) is 8.69. The van der Waals surface area contributed by atoms with Crippen LogP contribution in [-0.4, -0.2) is 10.2 Å². The van der Waals surface area contributed by atoms with Crippen molar-refractivity contribution in [2.75, 3.05) is 0 Å². The molecule has 176 valence electrons. The maximum absolute atomic E-state index is 11.2. The van der Waals surface area contributed by atoms with Crippen molar-refractivity contribution in [3.63, 3.8) is 0 Å². The summed E-state index contributed by atoms with van der Waals surface area (Å²) in [5.41, 5.74) is 6.00. The zero-order valence-electron chi connectivity index (χ0n) is 22.4. The molecule has 1 atom stereocenters. The molecule has 0 spiro atoms. The van der Waals surface area contributed by atoms with E-state index in [1.165, 1.54) is 16.7 Å². The predicted octanol–water partition coefficient (Wildman–Crippen LogP) is 7.98. The highest BCUT2D eigenvalue weighted by Crippen LogP contribution is 2.56. The lowest BCUT2D eigenvalue weighted by Crippen LogP contribution is -2.26. The number of phenols is 2. The second-order valence-electron chi connectivity index (χ2n) is 14.0. The molecule has 3 rings (SSSR count). The van der Waals surface area contributed by atoms with E-state index in [1.807, 2.05) is 6.07 Å². The smallest absolute Gasteiger partial charge is 0.123 e. The molecule has 0 saturated heterocycles. The average Bonchev–Trinajstić information content (AvgIpc) is 2.77. The van der Waals surface area contributed by atoms with Crippen molar-refractivity contribution < 1.29 is 10.2 Å². The van der Waals surface area contributed by atoms with Gasteiger partial charge in [-0.2, -0.15) is 0 Å². The molecule has 0 aromatic heterocycles. The lowest BCUT2D eigenvalue weighted by atomic mass is 9.70. The molecule has 2 nitrogen and oxygen atoms in total. The van der Waals surface area contributed by atoms with Gasteiger partial charge in [-0.1, -0.05) is 101 Å². The molecule has 1 aliphatic carbocycles. The summed E-state index contributed by atoms with van der Waals surface area (Å²) < 4.78 is 0. The number of fused-ring (bicyclic) bond motifs is 1. The normalized spacial score (nSPS) is 21.0. The Morgan fingerprint density at radius 3 is 1.47 bits per heavy atom. The summed E-state index contributed by atoms with van der Waals surface area (Å²) in [5.74, 6) is 0.798. The number of phenolic OH excluding ortho intramolecular Hbond substituents is 2. The fourth-order valence-electron chi connectivity index (χ4n) is 5.63. The average molecular weight is 437 g/mol. The highest BCUT2D eigenvalue weighted by molar-refractivity contribution is 5.60. The molecule has 0 fully saturated rings. The van der Waals surface area contributed by atoms with Crippen molar-refractivity contribution in [2.24, 2.45) is 0 Å². The molecule has 0 bridgehead atoms. The van der Waals surface area contributed by atoms with Crippen LogP contribution in [0.2, 0.25) is 0 Å². The summed E-state index contributed by atoms with van der Waals surface area (Å²) in [5, 5.41) is 22.3. The molecule has 2 heteroatoms. The van der Waals surface area contributed by atoms with Crippen molar-refractivity contribution in [1.82, 2.24) is 0 Å². The first-order valence-electron chi connectivity index (χ1n) is 12.0. The first kappa shape index (κ1) is 24.7. The second-order valence-corrected chi connectivity index (χ2v) is 14.0. The SMILES string of the molecule is CC(C)(C)c1cc2c(cc1O)C(C)(c1cc(C(C)(C)C)c(O)c(C(C)(C)C)c1)CC2(C)C. The van der Waals surface area contributed by atoms with Gasteiger partial charge in [-0.25, -0.2) is 0 Å². The molecule has 1 aliphatic rings. The Kier molecular flexibility index (Phi) is 5.41. The number of aromatic hydroxyl groups is 2. The Hall–Kier alpha value is -1.96. The number of hydrogen-bond donors (Lipinski definition) is 2. The van der Waals surface area contributed by atoms with Gasteiger partial charge in [0.1, 0.15) is 11.5 Å². The van der Waals surface area contributed by atoms with Crippen LogP contribution < -0.4 is 0 Å². The van der Waals surface area contributed by atoms with Crippen LogP contribution in [0.5, 0.6) is 11.5 Å². The van der Waals surface area contributed by atoms with Crippen molar-refractivity contribution >= 4 is 0 Å².